The van der Waals surface area contributed by atoms with Crippen LogP contribution in [0.4, 0.5) is 9.18 Å². The van der Waals surface area contributed by atoms with Gasteiger partial charge in [0, 0.05) is 15.2 Å². The minimum Gasteiger partial charge on any atom is -0.487 e. The predicted octanol–water partition coefficient (Wildman–Crippen LogP) is 5.12. The van der Waals surface area contributed by atoms with Crippen LogP contribution < -0.4 is 9.47 Å². The molecule has 2 aromatic rings. The standard InChI is InChI=1S/C16H13ClFIO4/c1-9-6-11(17)15(7-12(9)18)22-8-10-13(19)4-3-5-14(10)23-16(20)21-2/h3-7H,8H2,1-2H3. The van der Waals surface area contributed by atoms with Crippen LogP contribution in [0.3, 0.4) is 0 Å². The summed E-state index contributed by atoms with van der Waals surface area (Å²) in [6.45, 7) is 1.68. The second kappa shape index (κ2) is 7.83. The molecule has 0 heterocycles. The Hall–Kier alpha value is -1.54. The van der Waals surface area contributed by atoms with Crippen molar-refractivity contribution in [2.75, 3.05) is 7.11 Å². The van der Waals surface area contributed by atoms with Crippen molar-refractivity contribution in [1.29, 1.82) is 0 Å². The number of hydrogen-bond donors (Lipinski definition) is 0. The van der Waals surface area contributed by atoms with Crippen LogP contribution in [0, 0.1) is 16.3 Å². The van der Waals surface area contributed by atoms with E-state index >= 15 is 0 Å². The SMILES string of the molecule is COC(=O)Oc1cccc(I)c1COc1cc(F)c(C)cc1Cl. The lowest BCUT2D eigenvalue weighted by Gasteiger charge is -2.13. The first kappa shape index (κ1) is 17.8. The zero-order valence-electron chi connectivity index (χ0n) is 12.4. The van der Waals surface area contributed by atoms with Gasteiger partial charge in [0.1, 0.15) is 23.9 Å². The van der Waals surface area contributed by atoms with Gasteiger partial charge in [0.05, 0.1) is 12.1 Å². The summed E-state index contributed by atoms with van der Waals surface area (Å²) in [6, 6.07) is 7.92. The maximum absolute atomic E-state index is 13.6. The van der Waals surface area contributed by atoms with Crippen LogP contribution in [0.5, 0.6) is 11.5 Å². The molecule has 0 aliphatic rings. The van der Waals surface area contributed by atoms with Gasteiger partial charge in [-0.15, -0.1) is 0 Å². The van der Waals surface area contributed by atoms with Crippen molar-refractivity contribution in [2.45, 2.75) is 13.5 Å². The summed E-state index contributed by atoms with van der Waals surface area (Å²) >= 11 is 8.14. The molecule has 0 fully saturated rings. The number of rotatable bonds is 4. The van der Waals surface area contributed by atoms with Crippen LogP contribution in [-0.4, -0.2) is 13.3 Å². The van der Waals surface area contributed by atoms with E-state index in [0.29, 0.717) is 21.9 Å². The third kappa shape index (κ3) is 4.48. The van der Waals surface area contributed by atoms with E-state index in [9.17, 15) is 9.18 Å². The highest BCUT2D eigenvalue weighted by Crippen LogP contribution is 2.30. The summed E-state index contributed by atoms with van der Waals surface area (Å²) in [5, 5.41) is 0.310. The van der Waals surface area contributed by atoms with Gasteiger partial charge in [0.15, 0.2) is 0 Å². The van der Waals surface area contributed by atoms with E-state index in [4.69, 9.17) is 21.1 Å². The number of methoxy groups -OCH3 is 1. The van der Waals surface area contributed by atoms with Gasteiger partial charge in [-0.05, 0) is 53.3 Å². The van der Waals surface area contributed by atoms with Gasteiger partial charge >= 0.3 is 6.16 Å². The molecule has 0 saturated carbocycles. The first-order chi connectivity index (χ1) is 10.9. The van der Waals surface area contributed by atoms with E-state index < -0.39 is 12.0 Å². The van der Waals surface area contributed by atoms with Crippen LogP contribution in [0.1, 0.15) is 11.1 Å². The molecule has 4 nitrogen and oxygen atoms in total. The third-order valence-electron chi connectivity index (χ3n) is 3.02. The summed E-state index contributed by atoms with van der Waals surface area (Å²) in [4.78, 5) is 11.3. The van der Waals surface area contributed by atoms with Gasteiger partial charge in [-0.25, -0.2) is 9.18 Å². The molecule has 0 spiro atoms. The van der Waals surface area contributed by atoms with Crippen molar-refractivity contribution in [2.24, 2.45) is 0 Å². The summed E-state index contributed by atoms with van der Waals surface area (Å²) < 4.78 is 29.6. The summed E-state index contributed by atoms with van der Waals surface area (Å²) in [5.74, 6) is 0.129. The van der Waals surface area contributed by atoms with Gasteiger partial charge in [-0.2, -0.15) is 0 Å². The number of hydrogen-bond acceptors (Lipinski definition) is 4. The molecule has 0 aliphatic heterocycles. The fourth-order valence-corrected chi connectivity index (χ4v) is 2.70. The molecule has 0 radical (unpaired) electrons. The van der Waals surface area contributed by atoms with Crippen molar-refractivity contribution < 1.29 is 23.4 Å². The zero-order valence-corrected chi connectivity index (χ0v) is 15.3. The van der Waals surface area contributed by atoms with Crippen LogP contribution >= 0.6 is 34.2 Å². The fraction of sp³-hybridized carbons (Fsp3) is 0.188. The highest BCUT2D eigenvalue weighted by molar-refractivity contribution is 14.1. The Morgan fingerprint density at radius 2 is 2.04 bits per heavy atom. The van der Waals surface area contributed by atoms with Crippen LogP contribution in [0.25, 0.3) is 0 Å². The Kier molecular flexibility index (Phi) is 6.06. The van der Waals surface area contributed by atoms with Gasteiger partial charge in [0.25, 0.3) is 0 Å². The maximum atomic E-state index is 13.6. The lowest BCUT2D eigenvalue weighted by Crippen LogP contribution is -2.10. The molecule has 2 rings (SSSR count). The van der Waals surface area contributed by atoms with Crippen molar-refractivity contribution in [1.82, 2.24) is 0 Å². The molecular weight excluding hydrogens is 438 g/mol. The Balaban J connectivity index is 2.23. The normalized spacial score (nSPS) is 10.3. The Labute approximate surface area is 151 Å². The average molecular weight is 451 g/mol. The summed E-state index contributed by atoms with van der Waals surface area (Å²) in [7, 11) is 1.22. The second-order valence-electron chi connectivity index (χ2n) is 4.59. The number of carbonyl (C=O) groups excluding carboxylic acids is 1. The fourth-order valence-electron chi connectivity index (χ4n) is 1.79. The van der Waals surface area contributed by atoms with Crippen molar-refractivity contribution in [3.8, 4) is 11.5 Å². The first-order valence-corrected chi connectivity index (χ1v) is 7.99. The highest BCUT2D eigenvalue weighted by Gasteiger charge is 2.14. The van der Waals surface area contributed by atoms with E-state index in [2.05, 4.69) is 27.3 Å². The van der Waals surface area contributed by atoms with E-state index in [-0.39, 0.29) is 12.4 Å². The molecule has 0 saturated heterocycles. The molecule has 0 aliphatic carbocycles. The lowest BCUT2D eigenvalue weighted by atomic mass is 10.2. The molecule has 2 aromatic carbocycles. The Morgan fingerprint density at radius 3 is 2.74 bits per heavy atom. The topological polar surface area (TPSA) is 44.8 Å². The molecule has 0 aromatic heterocycles. The summed E-state index contributed by atoms with van der Waals surface area (Å²) in [6.07, 6.45) is -0.826. The van der Waals surface area contributed by atoms with E-state index in [0.717, 1.165) is 3.57 Å². The molecule has 0 atom stereocenters. The van der Waals surface area contributed by atoms with Crippen molar-refractivity contribution >= 4 is 40.3 Å². The number of aryl methyl sites for hydroxylation is 1. The Bertz CT molecular complexity index is 736. The Morgan fingerprint density at radius 1 is 1.30 bits per heavy atom. The van der Waals surface area contributed by atoms with Gasteiger partial charge in [-0.1, -0.05) is 17.7 Å². The largest absolute Gasteiger partial charge is 0.513 e. The summed E-state index contributed by atoms with van der Waals surface area (Å²) in [5.41, 5.74) is 1.07. The quantitative estimate of drug-likeness (QED) is 0.369. The van der Waals surface area contributed by atoms with Crippen LogP contribution in [0.2, 0.25) is 5.02 Å². The lowest BCUT2D eigenvalue weighted by molar-refractivity contribution is 0.120. The third-order valence-corrected chi connectivity index (χ3v) is 4.33. The highest BCUT2D eigenvalue weighted by atomic mass is 127. The molecule has 7 heteroatoms. The number of halogens is 3. The average Bonchev–Trinajstić information content (AvgIpc) is 2.51. The monoisotopic (exact) mass is 450 g/mol. The minimum absolute atomic E-state index is 0.0632. The molecule has 0 bridgehead atoms. The zero-order chi connectivity index (χ0) is 17.0. The number of ether oxygens (including phenoxy) is 3. The molecule has 23 heavy (non-hydrogen) atoms. The van der Waals surface area contributed by atoms with Crippen LogP contribution in [0.15, 0.2) is 30.3 Å². The minimum atomic E-state index is -0.826. The van der Waals surface area contributed by atoms with Crippen LogP contribution in [-0.2, 0) is 11.3 Å². The van der Waals surface area contributed by atoms with E-state index in [1.54, 1.807) is 19.1 Å². The van der Waals surface area contributed by atoms with Gasteiger partial charge in [-0.3, -0.25) is 0 Å². The molecule has 0 unspecified atom stereocenters. The molecule has 0 amide bonds. The van der Waals surface area contributed by atoms with E-state index in [1.807, 2.05) is 6.07 Å². The second-order valence-corrected chi connectivity index (χ2v) is 6.16. The number of carbonyl (C=O) groups is 1. The predicted molar refractivity (Wildman–Crippen MR) is 92.7 cm³/mol. The molecule has 122 valence electrons. The van der Waals surface area contributed by atoms with Crippen molar-refractivity contribution in [3.63, 3.8) is 0 Å². The smallest absolute Gasteiger partial charge is 0.487 e. The first-order valence-electron chi connectivity index (χ1n) is 6.54. The van der Waals surface area contributed by atoms with Gasteiger partial charge < -0.3 is 14.2 Å². The molecular formula is C16H13ClFIO4. The van der Waals surface area contributed by atoms with E-state index in [1.165, 1.54) is 19.2 Å². The van der Waals surface area contributed by atoms with Gasteiger partial charge in [0.2, 0.25) is 0 Å². The number of benzene rings is 2. The maximum Gasteiger partial charge on any atom is 0.513 e. The van der Waals surface area contributed by atoms with Crippen molar-refractivity contribution in [3.05, 3.63) is 55.9 Å². The molecule has 0 N–H and O–H groups in total.